The van der Waals surface area contributed by atoms with Gasteiger partial charge >= 0.3 is 0 Å². The first-order valence-electron chi connectivity index (χ1n) is 9.91. The number of carbonyl (C=O) groups excluding carboxylic acids is 1. The summed E-state index contributed by atoms with van der Waals surface area (Å²) < 4.78 is 7.61. The average molecular weight is 443 g/mol. The van der Waals surface area contributed by atoms with Crippen molar-refractivity contribution in [1.82, 2.24) is 9.55 Å². The SMILES string of the molecule is CC1(C)CC(n2c(SCC(=O)c3ccc(Cl)cc3)nc3ccccc3c2=O)CCO1. The Hall–Kier alpha value is -2.15. The molecular formula is C23H23ClN2O3S. The van der Waals surface area contributed by atoms with Gasteiger partial charge in [0, 0.05) is 23.2 Å². The fourth-order valence-corrected chi connectivity index (χ4v) is 4.91. The Morgan fingerprint density at radius 1 is 1.23 bits per heavy atom. The van der Waals surface area contributed by atoms with Gasteiger partial charge in [-0.05, 0) is 63.1 Å². The molecule has 1 atom stereocenters. The van der Waals surface area contributed by atoms with Gasteiger partial charge in [0.1, 0.15) is 0 Å². The van der Waals surface area contributed by atoms with Gasteiger partial charge in [0.15, 0.2) is 10.9 Å². The van der Waals surface area contributed by atoms with Crippen LogP contribution in [0.1, 0.15) is 43.1 Å². The number of hydrogen-bond donors (Lipinski definition) is 0. The summed E-state index contributed by atoms with van der Waals surface area (Å²) in [6, 6.07) is 14.2. The van der Waals surface area contributed by atoms with Crippen LogP contribution in [-0.4, -0.2) is 33.3 Å². The van der Waals surface area contributed by atoms with E-state index in [2.05, 4.69) is 0 Å². The number of carbonyl (C=O) groups is 1. The second-order valence-corrected chi connectivity index (χ2v) is 9.44. The topological polar surface area (TPSA) is 61.2 Å². The van der Waals surface area contributed by atoms with Crippen LogP contribution in [0.2, 0.25) is 5.02 Å². The molecule has 0 radical (unpaired) electrons. The average Bonchev–Trinajstić information content (AvgIpc) is 2.72. The first kappa shape index (κ1) is 21.1. The lowest BCUT2D eigenvalue weighted by Gasteiger charge is -2.36. The van der Waals surface area contributed by atoms with Crippen LogP contribution in [0.25, 0.3) is 10.9 Å². The fourth-order valence-electron chi connectivity index (χ4n) is 3.82. The highest BCUT2D eigenvalue weighted by Crippen LogP contribution is 2.34. The zero-order valence-corrected chi connectivity index (χ0v) is 18.5. The van der Waals surface area contributed by atoms with Crippen LogP contribution >= 0.6 is 23.4 Å². The van der Waals surface area contributed by atoms with E-state index in [1.54, 1.807) is 34.9 Å². The molecule has 0 spiro atoms. The minimum Gasteiger partial charge on any atom is -0.375 e. The number of para-hydroxylation sites is 1. The quantitative estimate of drug-likeness (QED) is 0.310. The second-order valence-electron chi connectivity index (χ2n) is 8.06. The molecule has 2 aromatic carbocycles. The summed E-state index contributed by atoms with van der Waals surface area (Å²) in [6.07, 6.45) is 1.45. The number of nitrogens with zero attached hydrogens (tertiary/aromatic N) is 2. The van der Waals surface area contributed by atoms with Crippen LogP contribution in [0.3, 0.4) is 0 Å². The second kappa shape index (κ2) is 8.53. The molecule has 2 heterocycles. The van der Waals surface area contributed by atoms with Gasteiger partial charge in [-0.2, -0.15) is 0 Å². The van der Waals surface area contributed by atoms with Crippen molar-refractivity contribution in [3.63, 3.8) is 0 Å². The Labute approximate surface area is 184 Å². The van der Waals surface area contributed by atoms with Crippen LogP contribution in [0.5, 0.6) is 0 Å². The Kier molecular flexibility index (Phi) is 6.00. The van der Waals surface area contributed by atoms with Gasteiger partial charge in [-0.15, -0.1) is 0 Å². The zero-order chi connectivity index (χ0) is 21.3. The van der Waals surface area contributed by atoms with Crippen LogP contribution in [0.4, 0.5) is 0 Å². The molecule has 0 aliphatic carbocycles. The highest BCUT2D eigenvalue weighted by atomic mass is 35.5. The van der Waals surface area contributed by atoms with Crippen LogP contribution in [-0.2, 0) is 4.74 Å². The summed E-state index contributed by atoms with van der Waals surface area (Å²) in [5.74, 6) is 0.164. The molecule has 1 fully saturated rings. The molecular weight excluding hydrogens is 420 g/mol. The smallest absolute Gasteiger partial charge is 0.262 e. The summed E-state index contributed by atoms with van der Waals surface area (Å²) in [7, 11) is 0. The van der Waals surface area contributed by atoms with Crippen LogP contribution in [0, 0.1) is 0 Å². The van der Waals surface area contributed by atoms with E-state index in [1.807, 2.05) is 32.0 Å². The highest BCUT2D eigenvalue weighted by molar-refractivity contribution is 7.99. The van der Waals surface area contributed by atoms with E-state index in [0.717, 1.165) is 6.42 Å². The van der Waals surface area contributed by atoms with E-state index in [0.29, 0.717) is 39.7 Å². The summed E-state index contributed by atoms with van der Waals surface area (Å²) in [5.41, 5.74) is 0.861. The number of rotatable bonds is 5. The Balaban J connectivity index is 1.69. The van der Waals surface area contributed by atoms with E-state index in [1.165, 1.54) is 11.8 Å². The van der Waals surface area contributed by atoms with Gasteiger partial charge in [-0.3, -0.25) is 14.2 Å². The molecule has 0 saturated carbocycles. The summed E-state index contributed by atoms with van der Waals surface area (Å²) in [6.45, 7) is 4.66. The summed E-state index contributed by atoms with van der Waals surface area (Å²) in [5, 5.41) is 1.75. The number of ether oxygens (including phenoxy) is 1. The molecule has 0 N–H and O–H groups in total. The highest BCUT2D eigenvalue weighted by Gasteiger charge is 2.32. The van der Waals surface area contributed by atoms with Gasteiger partial charge in [-0.1, -0.05) is 35.5 Å². The molecule has 1 aliphatic heterocycles. The summed E-state index contributed by atoms with van der Waals surface area (Å²) >= 11 is 7.22. The molecule has 30 heavy (non-hydrogen) atoms. The maximum atomic E-state index is 13.4. The number of aromatic nitrogens is 2. The van der Waals surface area contributed by atoms with E-state index in [4.69, 9.17) is 21.3 Å². The van der Waals surface area contributed by atoms with Gasteiger partial charge in [0.05, 0.1) is 22.3 Å². The van der Waals surface area contributed by atoms with Crippen molar-refractivity contribution in [2.75, 3.05) is 12.4 Å². The maximum Gasteiger partial charge on any atom is 0.262 e. The third-order valence-electron chi connectivity index (χ3n) is 5.31. The number of Topliss-reactive ketones (excluding diaryl/α,β-unsaturated/α-hetero) is 1. The predicted molar refractivity (Wildman–Crippen MR) is 121 cm³/mol. The standard InChI is InChI=1S/C23H23ClN2O3S/c1-23(2)13-17(11-12-29-23)26-21(28)18-5-3-4-6-19(18)25-22(26)30-14-20(27)15-7-9-16(24)10-8-15/h3-10,17H,11-14H2,1-2H3. The molecule has 5 nitrogen and oxygen atoms in total. The lowest BCUT2D eigenvalue weighted by molar-refractivity contribution is -0.0708. The number of thioether (sulfide) groups is 1. The monoisotopic (exact) mass is 442 g/mol. The molecule has 156 valence electrons. The lowest BCUT2D eigenvalue weighted by atomic mass is 9.93. The van der Waals surface area contributed by atoms with Crippen molar-refractivity contribution in [3.8, 4) is 0 Å². The molecule has 4 rings (SSSR count). The number of hydrogen-bond acceptors (Lipinski definition) is 5. The minimum atomic E-state index is -0.310. The molecule has 1 unspecified atom stereocenters. The maximum absolute atomic E-state index is 13.4. The Morgan fingerprint density at radius 2 is 1.97 bits per heavy atom. The van der Waals surface area contributed by atoms with E-state index < -0.39 is 0 Å². The predicted octanol–water partition coefficient (Wildman–Crippen LogP) is 5.16. The number of benzene rings is 2. The Morgan fingerprint density at radius 3 is 2.70 bits per heavy atom. The van der Waals surface area contributed by atoms with Crippen molar-refractivity contribution >= 4 is 40.0 Å². The third-order valence-corrected chi connectivity index (χ3v) is 6.51. The van der Waals surface area contributed by atoms with Crippen molar-refractivity contribution < 1.29 is 9.53 Å². The van der Waals surface area contributed by atoms with Gasteiger partial charge in [0.25, 0.3) is 5.56 Å². The van der Waals surface area contributed by atoms with E-state index in [9.17, 15) is 9.59 Å². The van der Waals surface area contributed by atoms with Gasteiger partial charge in [-0.25, -0.2) is 4.98 Å². The summed E-state index contributed by atoms with van der Waals surface area (Å²) in [4.78, 5) is 30.8. The zero-order valence-electron chi connectivity index (χ0n) is 16.9. The number of halogens is 1. The number of fused-ring (bicyclic) bond motifs is 1. The third kappa shape index (κ3) is 4.46. The number of ketones is 1. The fraction of sp³-hybridized carbons (Fsp3) is 0.348. The van der Waals surface area contributed by atoms with E-state index >= 15 is 0 Å². The molecule has 0 bridgehead atoms. The Bertz CT molecular complexity index is 1140. The molecule has 3 aromatic rings. The van der Waals surface area contributed by atoms with Crippen molar-refractivity contribution in [2.24, 2.45) is 0 Å². The van der Waals surface area contributed by atoms with E-state index in [-0.39, 0.29) is 28.7 Å². The van der Waals surface area contributed by atoms with Gasteiger partial charge in [0.2, 0.25) is 0 Å². The molecule has 1 saturated heterocycles. The van der Waals surface area contributed by atoms with Crippen LogP contribution < -0.4 is 5.56 Å². The molecule has 7 heteroatoms. The lowest BCUT2D eigenvalue weighted by Crippen LogP contribution is -2.39. The normalized spacial score (nSPS) is 18.4. The molecule has 0 amide bonds. The first-order chi connectivity index (χ1) is 14.3. The minimum absolute atomic E-state index is 0.0218. The largest absolute Gasteiger partial charge is 0.375 e. The van der Waals surface area contributed by atoms with Crippen molar-refractivity contribution in [3.05, 3.63) is 69.5 Å². The molecule has 1 aromatic heterocycles. The van der Waals surface area contributed by atoms with Crippen molar-refractivity contribution in [2.45, 2.75) is 43.5 Å². The molecule has 1 aliphatic rings. The van der Waals surface area contributed by atoms with Crippen LogP contribution in [0.15, 0.2) is 58.5 Å². The van der Waals surface area contributed by atoms with Gasteiger partial charge < -0.3 is 4.74 Å². The van der Waals surface area contributed by atoms with Crippen molar-refractivity contribution in [1.29, 1.82) is 0 Å². The first-order valence-corrected chi connectivity index (χ1v) is 11.3.